The van der Waals surface area contributed by atoms with E-state index in [0.717, 1.165) is 10.9 Å². The molecule has 1 amide bonds. The second kappa shape index (κ2) is 9.93. The van der Waals surface area contributed by atoms with Gasteiger partial charge in [0.1, 0.15) is 53.2 Å². The van der Waals surface area contributed by atoms with Gasteiger partial charge in [-0.25, -0.2) is 9.37 Å². The van der Waals surface area contributed by atoms with Crippen LogP contribution in [0.4, 0.5) is 4.39 Å². The number of rotatable bonds is 7. The molecule has 0 aliphatic carbocycles. The summed E-state index contributed by atoms with van der Waals surface area (Å²) in [6.07, 6.45) is 4.86. The highest BCUT2D eigenvalue weighted by Crippen LogP contribution is 2.46. The quantitative estimate of drug-likeness (QED) is 0.311. The highest BCUT2D eigenvalue weighted by molar-refractivity contribution is 5.99. The van der Waals surface area contributed by atoms with Crippen LogP contribution in [0.2, 0.25) is 0 Å². The van der Waals surface area contributed by atoms with E-state index in [0.29, 0.717) is 39.5 Å². The molecule has 3 aromatic heterocycles. The third-order valence-corrected chi connectivity index (χ3v) is 7.45. The molecule has 0 fully saturated rings. The van der Waals surface area contributed by atoms with Gasteiger partial charge >= 0.3 is 0 Å². The molecule has 1 aliphatic rings. The van der Waals surface area contributed by atoms with Gasteiger partial charge in [0.15, 0.2) is 5.75 Å². The van der Waals surface area contributed by atoms with Gasteiger partial charge in [-0.15, -0.1) is 10.2 Å². The predicted octanol–water partition coefficient (Wildman–Crippen LogP) is 3.83. The number of aliphatic hydroxyl groups is 1. The van der Waals surface area contributed by atoms with Crippen LogP contribution < -0.4 is 14.8 Å². The minimum absolute atomic E-state index is 0.141. The molecule has 5 aromatic rings. The largest absolute Gasteiger partial charge is 0.494 e. The number of carbonyl (C=O) groups is 1. The first kappa shape index (κ1) is 26.3. The average molecular weight is 555 g/mol. The van der Waals surface area contributed by atoms with Gasteiger partial charge in [0.05, 0.1) is 19.3 Å². The molecule has 1 aliphatic heterocycles. The van der Waals surface area contributed by atoms with Crippen LogP contribution >= 0.6 is 0 Å². The Balaban J connectivity index is 1.36. The van der Waals surface area contributed by atoms with Gasteiger partial charge < -0.3 is 24.5 Å². The van der Waals surface area contributed by atoms with Gasteiger partial charge in [0.25, 0.3) is 5.91 Å². The first-order valence-electron chi connectivity index (χ1n) is 12.9. The third-order valence-electron chi connectivity index (χ3n) is 7.45. The Hall–Kier alpha value is -4.90. The van der Waals surface area contributed by atoms with Crippen molar-refractivity contribution in [3.05, 3.63) is 96.1 Å². The van der Waals surface area contributed by atoms with Gasteiger partial charge in [-0.1, -0.05) is 6.07 Å². The van der Waals surface area contributed by atoms with E-state index < -0.39 is 17.0 Å². The van der Waals surface area contributed by atoms with Crippen LogP contribution in [0.5, 0.6) is 11.5 Å². The molecule has 0 spiro atoms. The second-order valence-corrected chi connectivity index (χ2v) is 10.4. The number of nitrogens with zero attached hydrogens (tertiary/aromatic N) is 5. The average Bonchev–Trinajstić information content (AvgIpc) is 3.65. The molecular formula is C30H27FN6O4. The molecule has 2 N–H and O–H groups in total. The molecule has 208 valence electrons. The van der Waals surface area contributed by atoms with Crippen molar-refractivity contribution >= 4 is 16.8 Å². The van der Waals surface area contributed by atoms with Crippen molar-refractivity contribution in [3.8, 4) is 22.8 Å². The zero-order valence-electron chi connectivity index (χ0n) is 22.6. The van der Waals surface area contributed by atoms with Crippen molar-refractivity contribution in [1.82, 2.24) is 30.0 Å². The Morgan fingerprint density at radius 2 is 1.95 bits per heavy atom. The normalized spacial score (nSPS) is 17.5. The zero-order chi connectivity index (χ0) is 28.8. The molecule has 10 nitrogen and oxygen atoms in total. The van der Waals surface area contributed by atoms with Crippen LogP contribution in [-0.4, -0.2) is 56.0 Å². The molecule has 0 saturated heterocycles. The summed E-state index contributed by atoms with van der Waals surface area (Å²) < 4.78 is 27.1. The zero-order valence-corrected chi connectivity index (χ0v) is 22.6. The number of carbonyl (C=O) groups excluding carboxylic acids is 1. The van der Waals surface area contributed by atoms with Crippen LogP contribution in [0, 0.1) is 5.82 Å². The number of hydrogen-bond donors (Lipinski definition) is 2. The molecule has 0 bridgehead atoms. The van der Waals surface area contributed by atoms with Crippen molar-refractivity contribution in [2.75, 3.05) is 20.3 Å². The van der Waals surface area contributed by atoms with Gasteiger partial charge in [0, 0.05) is 28.3 Å². The van der Waals surface area contributed by atoms with E-state index in [9.17, 15) is 14.3 Å². The highest BCUT2D eigenvalue weighted by atomic mass is 19.1. The summed E-state index contributed by atoms with van der Waals surface area (Å²) in [5.74, 6) is 0.213. The van der Waals surface area contributed by atoms with Crippen molar-refractivity contribution < 1.29 is 23.8 Å². The van der Waals surface area contributed by atoms with Gasteiger partial charge in [-0.2, -0.15) is 0 Å². The number of amides is 1. The Kier molecular flexibility index (Phi) is 6.38. The molecule has 6 rings (SSSR count). The fourth-order valence-electron chi connectivity index (χ4n) is 5.01. The maximum Gasteiger partial charge on any atom is 0.251 e. The molecular weight excluding hydrogens is 527 g/mol. The number of nitrogens with one attached hydrogen (secondary N) is 1. The van der Waals surface area contributed by atoms with E-state index in [1.54, 1.807) is 62.2 Å². The molecule has 1 unspecified atom stereocenters. The lowest BCUT2D eigenvalue weighted by atomic mass is 9.89. The number of halogens is 1. The summed E-state index contributed by atoms with van der Waals surface area (Å²) in [6.45, 7) is 3.68. The minimum atomic E-state index is -1.58. The summed E-state index contributed by atoms with van der Waals surface area (Å²) in [7, 11) is 1.52. The number of aromatic nitrogens is 5. The molecule has 0 radical (unpaired) electrons. The standard InChI is InChI=1S/C30H27FN6O4/c1-29(37-16-34-35-17-37)15-41-27-22(29)13-24(36-26(27)18-6-8-21(31)9-7-18)30(2,39)14-33-28(38)20-11-19-5-4-10-32-25(19)23(12-20)40-3/h4-13,16-17,39H,14-15H2,1-3H3,(H,33,38)/t29-,30?/m0/s1. The molecule has 11 heteroatoms. The van der Waals surface area contributed by atoms with E-state index in [1.165, 1.54) is 19.2 Å². The fourth-order valence-corrected chi connectivity index (χ4v) is 5.01. The maximum absolute atomic E-state index is 13.7. The Morgan fingerprint density at radius 3 is 2.68 bits per heavy atom. The summed E-state index contributed by atoms with van der Waals surface area (Å²) >= 11 is 0. The van der Waals surface area contributed by atoms with E-state index in [-0.39, 0.29) is 19.0 Å². The van der Waals surface area contributed by atoms with Crippen LogP contribution in [0.3, 0.4) is 0 Å². The van der Waals surface area contributed by atoms with Crippen LogP contribution in [0.25, 0.3) is 22.2 Å². The van der Waals surface area contributed by atoms with Crippen LogP contribution in [0.15, 0.2) is 73.4 Å². The lowest BCUT2D eigenvalue weighted by Crippen LogP contribution is -2.39. The summed E-state index contributed by atoms with van der Waals surface area (Å²) in [4.78, 5) is 22.3. The maximum atomic E-state index is 13.7. The predicted molar refractivity (Wildman–Crippen MR) is 148 cm³/mol. The number of pyridine rings is 2. The number of fused-ring (bicyclic) bond motifs is 2. The number of ether oxygens (including phenoxy) is 2. The van der Waals surface area contributed by atoms with Crippen molar-refractivity contribution in [2.24, 2.45) is 0 Å². The summed E-state index contributed by atoms with van der Waals surface area (Å²) in [5.41, 5.74) is 0.856. The molecule has 41 heavy (non-hydrogen) atoms. The number of hydrogen-bond acceptors (Lipinski definition) is 8. The van der Waals surface area contributed by atoms with Crippen molar-refractivity contribution in [1.29, 1.82) is 0 Å². The summed E-state index contributed by atoms with van der Waals surface area (Å²) in [5, 5.41) is 23.1. The Morgan fingerprint density at radius 1 is 1.20 bits per heavy atom. The smallest absolute Gasteiger partial charge is 0.251 e. The topological polar surface area (TPSA) is 124 Å². The van der Waals surface area contributed by atoms with Gasteiger partial charge in [-0.3, -0.25) is 9.78 Å². The van der Waals surface area contributed by atoms with Gasteiger partial charge in [0.2, 0.25) is 0 Å². The number of benzene rings is 2. The minimum Gasteiger partial charge on any atom is -0.494 e. The van der Waals surface area contributed by atoms with Crippen molar-refractivity contribution in [2.45, 2.75) is 25.0 Å². The van der Waals surface area contributed by atoms with E-state index in [1.807, 2.05) is 17.6 Å². The Bertz CT molecular complexity index is 1760. The Labute approximate surface area is 234 Å². The first-order chi connectivity index (χ1) is 19.7. The molecule has 4 heterocycles. The monoisotopic (exact) mass is 554 g/mol. The summed E-state index contributed by atoms with van der Waals surface area (Å²) in [6, 6.07) is 14.6. The third kappa shape index (κ3) is 4.63. The first-order valence-corrected chi connectivity index (χ1v) is 12.9. The number of methoxy groups -OCH3 is 1. The van der Waals surface area contributed by atoms with E-state index >= 15 is 0 Å². The second-order valence-electron chi connectivity index (χ2n) is 10.4. The van der Waals surface area contributed by atoms with Gasteiger partial charge in [-0.05, 0) is 62.4 Å². The van der Waals surface area contributed by atoms with Crippen LogP contribution in [0.1, 0.15) is 35.5 Å². The van der Waals surface area contributed by atoms with Crippen molar-refractivity contribution in [3.63, 3.8) is 0 Å². The fraction of sp³-hybridized carbons (Fsp3) is 0.233. The molecule has 2 atom stereocenters. The van der Waals surface area contributed by atoms with Crippen LogP contribution in [-0.2, 0) is 11.1 Å². The molecule has 2 aromatic carbocycles. The van der Waals surface area contributed by atoms with E-state index in [2.05, 4.69) is 20.5 Å². The van der Waals surface area contributed by atoms with E-state index in [4.69, 9.17) is 14.5 Å². The lowest BCUT2D eigenvalue weighted by molar-refractivity contribution is 0.0489. The lowest BCUT2D eigenvalue weighted by Gasteiger charge is -2.28. The SMILES string of the molecule is COc1cc(C(=O)NCC(C)(O)c2cc3c(c(-c4ccc(F)cc4)n2)OC[C@]3(C)n2cnnc2)cc2cccnc12. The highest BCUT2D eigenvalue weighted by Gasteiger charge is 2.42. The molecule has 0 saturated carbocycles.